The molecule has 1 amide bonds. The number of ketones is 1. The molecule has 1 N–H and O–H groups in total. The zero-order chi connectivity index (χ0) is 21.7. The Bertz CT molecular complexity index is 721. The van der Waals surface area contributed by atoms with E-state index in [1.165, 1.54) is 24.6 Å². The lowest BCUT2D eigenvalue weighted by atomic mass is 9.88. The Kier molecular flexibility index (Phi) is 7.66. The monoisotopic (exact) mass is 417 g/mol. The van der Waals surface area contributed by atoms with Gasteiger partial charge >= 0.3 is 0 Å². The molecule has 3 heterocycles. The van der Waals surface area contributed by atoms with Crippen LogP contribution in [0.5, 0.6) is 0 Å². The molecule has 6 nitrogen and oxygen atoms in total. The molecule has 0 aromatic heterocycles. The van der Waals surface area contributed by atoms with E-state index in [1.807, 2.05) is 6.92 Å². The first-order chi connectivity index (χ1) is 14.3. The fourth-order valence-electron chi connectivity index (χ4n) is 4.18. The van der Waals surface area contributed by atoms with Crippen LogP contribution in [0.3, 0.4) is 0 Å². The first-order valence-electron chi connectivity index (χ1n) is 11.0. The Labute approximate surface area is 179 Å². The highest BCUT2D eigenvalue weighted by molar-refractivity contribution is 5.96. The zero-order valence-corrected chi connectivity index (χ0v) is 18.6. The number of hydrogen-bond donors (Lipinski definition) is 1. The number of nitrogens with one attached hydrogen (secondary N) is 1. The maximum Gasteiger partial charge on any atom is 0.244 e. The summed E-state index contributed by atoms with van der Waals surface area (Å²) >= 11 is 0. The summed E-state index contributed by atoms with van der Waals surface area (Å²) in [6.07, 6.45) is 12.9. The summed E-state index contributed by atoms with van der Waals surface area (Å²) < 4.78 is 17.6. The summed E-state index contributed by atoms with van der Waals surface area (Å²) in [6, 6.07) is -0.0502. The Morgan fingerprint density at radius 3 is 2.63 bits per heavy atom. The van der Waals surface area contributed by atoms with Gasteiger partial charge in [-0.25, -0.2) is 0 Å². The van der Waals surface area contributed by atoms with E-state index in [2.05, 4.69) is 37.4 Å². The average Bonchev–Trinajstić information content (AvgIpc) is 3.44. The molecular formula is C24H35NO5. The first-order valence-corrected chi connectivity index (χ1v) is 11.0. The van der Waals surface area contributed by atoms with Crippen LogP contribution < -0.4 is 5.32 Å². The van der Waals surface area contributed by atoms with Gasteiger partial charge in [0.1, 0.15) is 0 Å². The summed E-state index contributed by atoms with van der Waals surface area (Å²) in [5.41, 5.74) is 1.29. The second-order valence-electron chi connectivity index (χ2n) is 9.03. The number of carbonyl (C=O) groups excluding carboxylic acids is 2. The lowest BCUT2D eigenvalue weighted by Gasteiger charge is -2.39. The van der Waals surface area contributed by atoms with Crippen LogP contribution in [0, 0.1) is 5.92 Å². The van der Waals surface area contributed by atoms with Gasteiger partial charge in [0, 0.05) is 18.9 Å². The van der Waals surface area contributed by atoms with Crippen molar-refractivity contribution in [3.8, 4) is 0 Å². The van der Waals surface area contributed by atoms with E-state index in [0.717, 1.165) is 38.9 Å². The molecule has 6 atom stereocenters. The van der Waals surface area contributed by atoms with Crippen LogP contribution in [0.25, 0.3) is 0 Å². The lowest BCUT2D eigenvalue weighted by Crippen LogP contribution is -2.50. The van der Waals surface area contributed by atoms with Crippen LogP contribution in [-0.4, -0.2) is 54.9 Å². The number of epoxide rings is 1. The van der Waals surface area contributed by atoms with Gasteiger partial charge in [0.05, 0.1) is 43.2 Å². The standard InChI is InChI=1S/C24H35NO5/c1-16(5-8-20-14-24(15-29-24)11-12-28-20)6-9-22-17(2)13-21(19(4)30-22)25-23(27)10-7-18(3)26/h5-8,10,17,19-22H,9,11-15H2,1-4H3,(H,25,27)/b8-5+,10-7-,16-6+. The van der Waals surface area contributed by atoms with E-state index < -0.39 is 0 Å². The van der Waals surface area contributed by atoms with Gasteiger partial charge in [-0.3, -0.25) is 9.59 Å². The minimum Gasteiger partial charge on any atom is -0.374 e. The molecule has 6 heteroatoms. The molecule has 3 aliphatic rings. The maximum absolute atomic E-state index is 12.0. The van der Waals surface area contributed by atoms with Gasteiger partial charge in [0.15, 0.2) is 5.78 Å². The highest BCUT2D eigenvalue weighted by Crippen LogP contribution is 2.39. The summed E-state index contributed by atoms with van der Waals surface area (Å²) in [4.78, 5) is 23.0. The van der Waals surface area contributed by atoms with E-state index in [9.17, 15) is 9.59 Å². The topological polar surface area (TPSA) is 77.2 Å². The van der Waals surface area contributed by atoms with Gasteiger partial charge in [-0.05, 0) is 45.6 Å². The van der Waals surface area contributed by atoms with Crippen LogP contribution in [0.15, 0.2) is 36.0 Å². The quantitative estimate of drug-likeness (QED) is 0.391. The molecule has 0 aromatic rings. The third-order valence-corrected chi connectivity index (χ3v) is 6.27. The summed E-state index contributed by atoms with van der Waals surface area (Å²) in [7, 11) is 0. The van der Waals surface area contributed by atoms with Crippen LogP contribution in [0.1, 0.15) is 53.4 Å². The largest absolute Gasteiger partial charge is 0.374 e. The van der Waals surface area contributed by atoms with Gasteiger partial charge in [0.2, 0.25) is 5.91 Å². The zero-order valence-electron chi connectivity index (χ0n) is 18.6. The minimum absolute atomic E-state index is 0.0502. The highest BCUT2D eigenvalue weighted by atomic mass is 16.6. The molecule has 3 saturated heterocycles. The fourth-order valence-corrected chi connectivity index (χ4v) is 4.18. The normalized spacial score (nSPS) is 37.1. The molecule has 0 saturated carbocycles. The Morgan fingerprint density at radius 2 is 1.93 bits per heavy atom. The first kappa shape index (κ1) is 22.9. The smallest absolute Gasteiger partial charge is 0.244 e. The predicted octanol–water partition coefficient (Wildman–Crippen LogP) is 3.27. The summed E-state index contributed by atoms with van der Waals surface area (Å²) in [6.45, 7) is 9.32. The van der Waals surface area contributed by atoms with Crippen LogP contribution >= 0.6 is 0 Å². The van der Waals surface area contributed by atoms with Crippen molar-refractivity contribution >= 4 is 11.7 Å². The van der Waals surface area contributed by atoms with Crippen LogP contribution in [-0.2, 0) is 23.8 Å². The van der Waals surface area contributed by atoms with Gasteiger partial charge in [-0.2, -0.15) is 0 Å². The number of allylic oxidation sites excluding steroid dienone is 3. The van der Waals surface area contributed by atoms with Gasteiger partial charge in [-0.1, -0.05) is 30.7 Å². The van der Waals surface area contributed by atoms with E-state index in [1.54, 1.807) is 0 Å². The Hall–Kier alpha value is -1.76. The molecule has 166 valence electrons. The molecule has 3 rings (SSSR count). The van der Waals surface area contributed by atoms with Crippen molar-refractivity contribution in [2.75, 3.05) is 13.2 Å². The predicted molar refractivity (Wildman–Crippen MR) is 115 cm³/mol. The van der Waals surface area contributed by atoms with Crippen molar-refractivity contribution in [2.45, 2.75) is 83.3 Å². The van der Waals surface area contributed by atoms with E-state index in [4.69, 9.17) is 14.2 Å². The van der Waals surface area contributed by atoms with Crippen LogP contribution in [0.4, 0.5) is 0 Å². The molecule has 0 radical (unpaired) electrons. The van der Waals surface area contributed by atoms with E-state index in [-0.39, 0.29) is 41.6 Å². The summed E-state index contributed by atoms with van der Waals surface area (Å²) in [5.74, 6) is -0.0662. The van der Waals surface area contributed by atoms with Gasteiger partial charge in [0.25, 0.3) is 0 Å². The number of rotatable bonds is 7. The van der Waals surface area contributed by atoms with Gasteiger partial charge in [-0.15, -0.1) is 0 Å². The second-order valence-corrected chi connectivity index (χ2v) is 9.03. The second kappa shape index (κ2) is 10.0. The number of ether oxygens (including phenoxy) is 3. The maximum atomic E-state index is 12.0. The molecule has 0 aliphatic carbocycles. The average molecular weight is 418 g/mol. The number of amides is 1. The molecule has 0 aromatic carbocycles. The van der Waals surface area contributed by atoms with Crippen molar-refractivity contribution in [1.29, 1.82) is 0 Å². The van der Waals surface area contributed by atoms with E-state index >= 15 is 0 Å². The molecule has 6 unspecified atom stereocenters. The third-order valence-electron chi connectivity index (χ3n) is 6.27. The third kappa shape index (κ3) is 6.62. The van der Waals surface area contributed by atoms with Crippen molar-refractivity contribution in [1.82, 2.24) is 5.32 Å². The molecule has 1 spiro atoms. The fraction of sp³-hybridized carbons (Fsp3) is 0.667. The Balaban J connectivity index is 1.45. The van der Waals surface area contributed by atoms with Gasteiger partial charge < -0.3 is 19.5 Å². The molecule has 0 bridgehead atoms. The van der Waals surface area contributed by atoms with Crippen molar-refractivity contribution in [3.63, 3.8) is 0 Å². The SMILES string of the molecule is CC(=O)/C=C\C(=O)NC1CC(C)C(C/C=C(C)/C=C/C2CC3(CCO2)CO3)OC1C. The summed E-state index contributed by atoms with van der Waals surface area (Å²) in [5, 5.41) is 2.95. The molecular weight excluding hydrogens is 382 g/mol. The molecule has 3 aliphatic heterocycles. The van der Waals surface area contributed by atoms with Crippen molar-refractivity contribution in [2.24, 2.45) is 5.92 Å². The van der Waals surface area contributed by atoms with Crippen molar-refractivity contribution < 1.29 is 23.8 Å². The minimum atomic E-state index is -0.250. The van der Waals surface area contributed by atoms with Crippen molar-refractivity contribution in [3.05, 3.63) is 36.0 Å². The highest BCUT2D eigenvalue weighted by Gasteiger charge is 2.48. The Morgan fingerprint density at radius 1 is 1.17 bits per heavy atom. The number of hydrogen-bond acceptors (Lipinski definition) is 5. The van der Waals surface area contributed by atoms with E-state index in [0.29, 0.717) is 5.92 Å². The van der Waals surface area contributed by atoms with Crippen LogP contribution in [0.2, 0.25) is 0 Å². The lowest BCUT2D eigenvalue weighted by molar-refractivity contribution is -0.124. The molecule has 3 fully saturated rings. The molecule has 30 heavy (non-hydrogen) atoms. The number of carbonyl (C=O) groups is 2.